The number of amides is 2. The van der Waals surface area contributed by atoms with Gasteiger partial charge in [0.15, 0.2) is 11.5 Å². The third kappa shape index (κ3) is 6.14. The SMILES string of the molecule is COc1cc(C(=O)NNC(=O)c2cc(C)ccc2OC)ccc1OCCC(C)C. The topological polar surface area (TPSA) is 85.9 Å². The Labute approximate surface area is 171 Å². The fraction of sp³-hybridized carbons (Fsp3) is 0.364. The van der Waals surface area contributed by atoms with Crippen LogP contribution in [0, 0.1) is 12.8 Å². The van der Waals surface area contributed by atoms with Crippen LogP contribution < -0.4 is 25.1 Å². The minimum atomic E-state index is -0.475. The van der Waals surface area contributed by atoms with Gasteiger partial charge in [-0.25, -0.2) is 0 Å². The van der Waals surface area contributed by atoms with Crippen molar-refractivity contribution >= 4 is 11.8 Å². The smallest absolute Gasteiger partial charge is 0.273 e. The predicted octanol–water partition coefficient (Wildman–Crippen LogP) is 3.51. The molecule has 2 N–H and O–H groups in total. The number of hydrogen-bond acceptors (Lipinski definition) is 5. The predicted molar refractivity (Wildman–Crippen MR) is 111 cm³/mol. The normalized spacial score (nSPS) is 10.4. The van der Waals surface area contributed by atoms with E-state index in [0.29, 0.717) is 40.9 Å². The van der Waals surface area contributed by atoms with Gasteiger partial charge in [0.1, 0.15) is 5.75 Å². The van der Waals surface area contributed by atoms with Crippen LogP contribution in [0.25, 0.3) is 0 Å². The molecule has 0 heterocycles. The maximum absolute atomic E-state index is 12.4. The quantitative estimate of drug-likeness (QED) is 0.663. The lowest BCUT2D eigenvalue weighted by Gasteiger charge is -2.14. The first-order valence-electron chi connectivity index (χ1n) is 9.41. The maximum atomic E-state index is 12.4. The van der Waals surface area contributed by atoms with Crippen LogP contribution in [0.3, 0.4) is 0 Å². The van der Waals surface area contributed by atoms with Crippen molar-refractivity contribution in [2.75, 3.05) is 20.8 Å². The van der Waals surface area contributed by atoms with E-state index in [-0.39, 0.29) is 0 Å². The second-order valence-corrected chi connectivity index (χ2v) is 7.01. The number of benzene rings is 2. The summed E-state index contributed by atoms with van der Waals surface area (Å²) >= 11 is 0. The van der Waals surface area contributed by atoms with Crippen molar-refractivity contribution < 1.29 is 23.8 Å². The highest BCUT2D eigenvalue weighted by Crippen LogP contribution is 2.28. The Kier molecular flexibility index (Phi) is 7.88. The first-order chi connectivity index (χ1) is 13.8. The molecule has 0 aromatic heterocycles. The molecular weight excluding hydrogens is 372 g/mol. The minimum Gasteiger partial charge on any atom is -0.496 e. The van der Waals surface area contributed by atoms with Crippen molar-refractivity contribution in [1.29, 1.82) is 0 Å². The molecule has 0 aliphatic rings. The van der Waals surface area contributed by atoms with Crippen LogP contribution >= 0.6 is 0 Å². The summed E-state index contributed by atoms with van der Waals surface area (Å²) in [6.45, 7) is 6.67. The largest absolute Gasteiger partial charge is 0.496 e. The first-order valence-corrected chi connectivity index (χ1v) is 9.41. The summed E-state index contributed by atoms with van der Waals surface area (Å²) in [4.78, 5) is 24.8. The summed E-state index contributed by atoms with van der Waals surface area (Å²) in [6.07, 6.45) is 0.917. The molecule has 0 spiro atoms. The van der Waals surface area contributed by atoms with E-state index in [9.17, 15) is 9.59 Å². The van der Waals surface area contributed by atoms with Gasteiger partial charge in [0.05, 0.1) is 26.4 Å². The highest BCUT2D eigenvalue weighted by atomic mass is 16.5. The van der Waals surface area contributed by atoms with Crippen LogP contribution in [-0.4, -0.2) is 32.6 Å². The van der Waals surface area contributed by atoms with Crippen molar-refractivity contribution in [3.05, 3.63) is 53.1 Å². The molecule has 29 heavy (non-hydrogen) atoms. The van der Waals surface area contributed by atoms with Gasteiger partial charge >= 0.3 is 0 Å². The lowest BCUT2D eigenvalue weighted by Crippen LogP contribution is -2.41. The number of ether oxygens (including phenoxy) is 3. The number of hydrazine groups is 1. The standard InChI is InChI=1S/C22H28N2O5/c1-14(2)10-11-29-19-9-7-16(13-20(19)28-5)21(25)23-24-22(26)17-12-15(3)6-8-18(17)27-4/h6-9,12-14H,10-11H2,1-5H3,(H,23,25)(H,24,26). The highest BCUT2D eigenvalue weighted by molar-refractivity contribution is 6.00. The maximum Gasteiger partial charge on any atom is 0.273 e. The van der Waals surface area contributed by atoms with Crippen LogP contribution in [0.4, 0.5) is 0 Å². The highest BCUT2D eigenvalue weighted by Gasteiger charge is 2.15. The fourth-order valence-corrected chi connectivity index (χ4v) is 2.58. The number of hydrogen-bond donors (Lipinski definition) is 2. The molecule has 2 aromatic carbocycles. The van der Waals surface area contributed by atoms with Crippen LogP contribution in [-0.2, 0) is 0 Å². The zero-order valence-corrected chi connectivity index (χ0v) is 17.5. The Balaban J connectivity index is 2.03. The van der Waals surface area contributed by atoms with Gasteiger partial charge in [-0.05, 0) is 49.6 Å². The molecule has 7 heteroatoms. The minimum absolute atomic E-state index is 0.328. The third-order valence-corrected chi connectivity index (χ3v) is 4.27. The Hall–Kier alpha value is -3.22. The van der Waals surface area contributed by atoms with Gasteiger partial charge in [0, 0.05) is 5.56 Å². The lowest BCUT2D eigenvalue weighted by molar-refractivity contribution is 0.0844. The van der Waals surface area contributed by atoms with Crippen molar-refractivity contribution in [2.45, 2.75) is 27.2 Å². The average Bonchev–Trinajstić information content (AvgIpc) is 2.71. The zero-order valence-electron chi connectivity index (χ0n) is 17.5. The molecule has 7 nitrogen and oxygen atoms in total. The van der Waals surface area contributed by atoms with E-state index < -0.39 is 11.8 Å². The summed E-state index contributed by atoms with van der Waals surface area (Å²) in [6, 6.07) is 10.1. The first kappa shape index (κ1) is 22.1. The number of carbonyl (C=O) groups excluding carboxylic acids is 2. The van der Waals surface area contributed by atoms with E-state index in [4.69, 9.17) is 14.2 Å². The van der Waals surface area contributed by atoms with Crippen LogP contribution in [0.1, 0.15) is 46.5 Å². The molecule has 0 aliphatic heterocycles. The molecule has 156 valence electrons. The number of methoxy groups -OCH3 is 2. The van der Waals surface area contributed by atoms with E-state index in [2.05, 4.69) is 24.7 Å². The van der Waals surface area contributed by atoms with Gasteiger partial charge in [-0.15, -0.1) is 0 Å². The van der Waals surface area contributed by atoms with Crippen LogP contribution in [0.2, 0.25) is 0 Å². The number of rotatable bonds is 8. The van der Waals surface area contributed by atoms with Crippen molar-refractivity contribution in [2.24, 2.45) is 5.92 Å². The second kappa shape index (κ2) is 10.4. The van der Waals surface area contributed by atoms with Gasteiger partial charge in [-0.3, -0.25) is 20.4 Å². The summed E-state index contributed by atoms with van der Waals surface area (Å²) in [5.74, 6) is 1.02. The van der Waals surface area contributed by atoms with E-state index in [1.165, 1.54) is 14.2 Å². The third-order valence-electron chi connectivity index (χ3n) is 4.27. The van der Waals surface area contributed by atoms with E-state index in [1.54, 1.807) is 30.3 Å². The Bertz CT molecular complexity index is 864. The molecule has 0 fully saturated rings. The fourth-order valence-electron chi connectivity index (χ4n) is 2.58. The number of aryl methyl sites for hydroxylation is 1. The molecule has 2 amide bonds. The van der Waals surface area contributed by atoms with E-state index in [1.807, 2.05) is 13.0 Å². The summed E-state index contributed by atoms with van der Waals surface area (Å²) in [5, 5.41) is 0. The zero-order chi connectivity index (χ0) is 21.4. The van der Waals surface area contributed by atoms with Gasteiger partial charge in [0.25, 0.3) is 11.8 Å². The Morgan fingerprint density at radius 2 is 1.55 bits per heavy atom. The second-order valence-electron chi connectivity index (χ2n) is 7.01. The molecule has 0 saturated carbocycles. The molecule has 0 radical (unpaired) electrons. The summed E-state index contributed by atoms with van der Waals surface area (Å²) in [5.41, 5.74) is 6.38. The Morgan fingerprint density at radius 1 is 0.897 bits per heavy atom. The van der Waals surface area contributed by atoms with E-state index >= 15 is 0 Å². The van der Waals surface area contributed by atoms with Crippen molar-refractivity contribution in [3.8, 4) is 17.2 Å². The Morgan fingerprint density at radius 3 is 2.21 bits per heavy atom. The molecule has 0 unspecified atom stereocenters. The number of carbonyl (C=O) groups is 2. The average molecular weight is 400 g/mol. The van der Waals surface area contributed by atoms with Crippen LogP contribution in [0.15, 0.2) is 36.4 Å². The monoisotopic (exact) mass is 400 g/mol. The lowest BCUT2D eigenvalue weighted by atomic mass is 10.1. The van der Waals surface area contributed by atoms with Crippen molar-refractivity contribution in [3.63, 3.8) is 0 Å². The molecule has 2 aromatic rings. The number of nitrogens with one attached hydrogen (secondary N) is 2. The van der Waals surface area contributed by atoms with Gasteiger partial charge in [-0.2, -0.15) is 0 Å². The molecule has 0 saturated heterocycles. The molecule has 0 atom stereocenters. The van der Waals surface area contributed by atoms with Crippen LogP contribution in [0.5, 0.6) is 17.2 Å². The van der Waals surface area contributed by atoms with Gasteiger partial charge in [-0.1, -0.05) is 25.5 Å². The molecule has 0 aliphatic carbocycles. The molecular formula is C22H28N2O5. The van der Waals surface area contributed by atoms with Crippen molar-refractivity contribution in [1.82, 2.24) is 10.9 Å². The molecule has 0 bridgehead atoms. The molecule has 2 rings (SSSR count). The van der Waals surface area contributed by atoms with Gasteiger partial charge < -0.3 is 14.2 Å². The van der Waals surface area contributed by atoms with E-state index in [0.717, 1.165) is 12.0 Å². The summed E-state index contributed by atoms with van der Waals surface area (Å²) < 4.78 is 16.2. The van der Waals surface area contributed by atoms with Gasteiger partial charge in [0.2, 0.25) is 0 Å². The summed E-state index contributed by atoms with van der Waals surface area (Å²) in [7, 11) is 3.00.